The highest BCUT2D eigenvalue weighted by molar-refractivity contribution is 5.66. The van der Waals surface area contributed by atoms with Gasteiger partial charge in [-0.25, -0.2) is 0 Å². The van der Waals surface area contributed by atoms with E-state index in [1.807, 2.05) is 13.8 Å². The van der Waals surface area contributed by atoms with Gasteiger partial charge in [0.1, 0.15) is 0 Å². The van der Waals surface area contributed by atoms with Crippen LogP contribution in [-0.2, 0) is 4.79 Å². The summed E-state index contributed by atoms with van der Waals surface area (Å²) in [6.07, 6.45) is 1.03. The van der Waals surface area contributed by atoms with E-state index in [0.717, 1.165) is 0 Å². The monoisotopic (exact) mass is 174 g/mol. The lowest BCUT2D eigenvalue weighted by molar-refractivity contribution is -0.138. The van der Waals surface area contributed by atoms with Gasteiger partial charge in [-0.05, 0) is 25.7 Å². The van der Waals surface area contributed by atoms with Gasteiger partial charge in [0.2, 0.25) is 0 Å². The minimum atomic E-state index is -0.848. The van der Waals surface area contributed by atoms with Crippen molar-refractivity contribution in [1.82, 2.24) is 0 Å². The second-order valence-corrected chi connectivity index (χ2v) is 3.99. The van der Waals surface area contributed by atoms with E-state index in [2.05, 4.69) is 0 Å². The van der Waals surface area contributed by atoms with Gasteiger partial charge in [0.15, 0.2) is 0 Å². The zero-order valence-electron chi connectivity index (χ0n) is 8.00. The molecule has 0 aromatic carbocycles. The van der Waals surface area contributed by atoms with Crippen LogP contribution in [0.25, 0.3) is 0 Å². The van der Waals surface area contributed by atoms with Gasteiger partial charge in [0.05, 0.1) is 5.60 Å². The van der Waals surface area contributed by atoms with E-state index in [4.69, 9.17) is 5.11 Å². The molecular weight excluding hydrogens is 156 g/mol. The molecule has 0 bridgehead atoms. The number of carboxylic acid groups (broad SMARTS) is 1. The van der Waals surface area contributed by atoms with E-state index >= 15 is 0 Å². The van der Waals surface area contributed by atoms with E-state index < -0.39 is 11.6 Å². The Morgan fingerprint density at radius 1 is 1.50 bits per heavy atom. The summed E-state index contributed by atoms with van der Waals surface area (Å²) in [5, 5.41) is 18.1. The average Bonchev–Trinajstić information content (AvgIpc) is 1.81. The smallest absolute Gasteiger partial charge is 0.303 e. The maximum Gasteiger partial charge on any atom is 0.303 e. The van der Waals surface area contributed by atoms with Crippen molar-refractivity contribution >= 4 is 5.97 Å². The lowest BCUT2D eigenvalue weighted by Crippen LogP contribution is -2.27. The van der Waals surface area contributed by atoms with Crippen LogP contribution in [0.5, 0.6) is 0 Å². The Bertz CT molecular complexity index is 150. The molecule has 0 fully saturated rings. The fourth-order valence-corrected chi connectivity index (χ4v) is 1.36. The molecule has 0 spiro atoms. The first-order valence-electron chi connectivity index (χ1n) is 4.27. The van der Waals surface area contributed by atoms with E-state index in [1.165, 1.54) is 0 Å². The largest absolute Gasteiger partial charge is 0.481 e. The third-order valence-electron chi connectivity index (χ3n) is 1.73. The number of aliphatic hydroxyl groups is 1. The second kappa shape index (κ2) is 4.45. The zero-order valence-corrected chi connectivity index (χ0v) is 8.00. The lowest BCUT2D eigenvalue weighted by atomic mass is 9.90. The van der Waals surface area contributed by atoms with Crippen LogP contribution in [-0.4, -0.2) is 21.8 Å². The molecule has 3 nitrogen and oxygen atoms in total. The summed E-state index contributed by atoms with van der Waals surface area (Å²) in [7, 11) is 0. The van der Waals surface area contributed by atoms with Crippen LogP contribution < -0.4 is 0 Å². The van der Waals surface area contributed by atoms with Crippen molar-refractivity contribution in [2.45, 2.75) is 45.6 Å². The van der Waals surface area contributed by atoms with Gasteiger partial charge in [0.25, 0.3) is 0 Å². The molecule has 0 aliphatic rings. The van der Waals surface area contributed by atoms with Crippen LogP contribution in [0.3, 0.4) is 0 Å². The van der Waals surface area contributed by atoms with Gasteiger partial charge in [-0.15, -0.1) is 0 Å². The van der Waals surface area contributed by atoms with E-state index in [0.29, 0.717) is 18.8 Å². The molecule has 12 heavy (non-hydrogen) atoms. The Balaban J connectivity index is 3.78. The molecule has 0 aliphatic heterocycles. The Labute approximate surface area is 73.4 Å². The van der Waals surface area contributed by atoms with Crippen molar-refractivity contribution in [3.8, 4) is 0 Å². The zero-order chi connectivity index (χ0) is 9.78. The van der Waals surface area contributed by atoms with Crippen molar-refractivity contribution in [2.24, 2.45) is 5.92 Å². The second-order valence-electron chi connectivity index (χ2n) is 3.99. The molecule has 0 radical (unpaired) electrons. The normalized spacial score (nSPS) is 16.1. The molecule has 0 aliphatic carbocycles. The predicted molar refractivity (Wildman–Crippen MR) is 46.9 cm³/mol. The topological polar surface area (TPSA) is 57.5 Å². The van der Waals surface area contributed by atoms with Crippen LogP contribution in [0.15, 0.2) is 0 Å². The first-order chi connectivity index (χ1) is 5.33. The molecular formula is C9H18O3. The van der Waals surface area contributed by atoms with Crippen LogP contribution in [0, 0.1) is 5.92 Å². The summed E-state index contributed by atoms with van der Waals surface area (Å²) in [6.45, 7) is 5.71. The maximum absolute atomic E-state index is 10.2. The summed E-state index contributed by atoms with van der Waals surface area (Å²) in [5.41, 5.74) is -0.827. The SMILES string of the molecule is CC(C)CC(C)(O)CCC(=O)O. The van der Waals surface area contributed by atoms with Gasteiger partial charge in [-0.2, -0.15) is 0 Å². The first-order valence-corrected chi connectivity index (χ1v) is 4.27. The van der Waals surface area contributed by atoms with Crippen molar-refractivity contribution < 1.29 is 15.0 Å². The highest BCUT2D eigenvalue weighted by atomic mass is 16.4. The molecule has 0 saturated carbocycles. The highest BCUT2D eigenvalue weighted by Crippen LogP contribution is 2.21. The van der Waals surface area contributed by atoms with E-state index in [1.54, 1.807) is 6.92 Å². The highest BCUT2D eigenvalue weighted by Gasteiger charge is 2.22. The number of carbonyl (C=O) groups is 1. The van der Waals surface area contributed by atoms with Crippen molar-refractivity contribution in [2.75, 3.05) is 0 Å². The summed E-state index contributed by atoms with van der Waals surface area (Å²) >= 11 is 0. The van der Waals surface area contributed by atoms with E-state index in [9.17, 15) is 9.90 Å². The molecule has 1 unspecified atom stereocenters. The van der Waals surface area contributed by atoms with Crippen molar-refractivity contribution in [3.05, 3.63) is 0 Å². The number of hydrogen-bond donors (Lipinski definition) is 2. The van der Waals surface area contributed by atoms with Crippen LogP contribution in [0.4, 0.5) is 0 Å². The van der Waals surface area contributed by atoms with Gasteiger partial charge in [0, 0.05) is 6.42 Å². The minimum Gasteiger partial charge on any atom is -0.481 e. The van der Waals surface area contributed by atoms with Crippen molar-refractivity contribution in [1.29, 1.82) is 0 Å². The molecule has 0 saturated heterocycles. The third kappa shape index (κ3) is 6.16. The van der Waals surface area contributed by atoms with Gasteiger partial charge >= 0.3 is 5.97 Å². The van der Waals surface area contributed by atoms with Gasteiger partial charge in [-0.1, -0.05) is 13.8 Å². The molecule has 0 heterocycles. The summed E-state index contributed by atoms with van der Waals surface area (Å²) in [6, 6.07) is 0. The Kier molecular flexibility index (Phi) is 4.24. The molecule has 0 rings (SSSR count). The summed E-state index contributed by atoms with van der Waals surface area (Å²) in [5.74, 6) is -0.451. The maximum atomic E-state index is 10.2. The molecule has 0 aromatic rings. The molecule has 72 valence electrons. The third-order valence-corrected chi connectivity index (χ3v) is 1.73. The van der Waals surface area contributed by atoms with Gasteiger partial charge in [-0.3, -0.25) is 4.79 Å². The van der Waals surface area contributed by atoms with Crippen LogP contribution in [0.2, 0.25) is 0 Å². The first kappa shape index (κ1) is 11.4. The molecule has 0 amide bonds. The Morgan fingerprint density at radius 3 is 2.33 bits per heavy atom. The summed E-state index contributed by atoms with van der Waals surface area (Å²) in [4.78, 5) is 10.2. The van der Waals surface area contributed by atoms with Gasteiger partial charge < -0.3 is 10.2 Å². The quantitative estimate of drug-likeness (QED) is 0.666. The lowest BCUT2D eigenvalue weighted by Gasteiger charge is -2.24. The number of hydrogen-bond acceptors (Lipinski definition) is 2. The van der Waals surface area contributed by atoms with Crippen LogP contribution >= 0.6 is 0 Å². The molecule has 0 aromatic heterocycles. The standard InChI is InChI=1S/C9H18O3/c1-7(2)6-9(3,12)5-4-8(10)11/h7,12H,4-6H2,1-3H3,(H,10,11). The molecule has 1 atom stereocenters. The summed E-state index contributed by atoms with van der Waals surface area (Å²) < 4.78 is 0. The van der Waals surface area contributed by atoms with Crippen molar-refractivity contribution in [3.63, 3.8) is 0 Å². The molecule has 3 heteroatoms. The Hall–Kier alpha value is -0.570. The van der Waals surface area contributed by atoms with Crippen LogP contribution in [0.1, 0.15) is 40.0 Å². The number of rotatable bonds is 5. The predicted octanol–water partition coefficient (Wildman–Crippen LogP) is 1.65. The fraction of sp³-hybridized carbons (Fsp3) is 0.889. The van der Waals surface area contributed by atoms with E-state index in [-0.39, 0.29) is 6.42 Å². The Morgan fingerprint density at radius 2 is 2.00 bits per heavy atom. The average molecular weight is 174 g/mol. The number of aliphatic carboxylic acids is 1. The number of carboxylic acids is 1. The fourth-order valence-electron chi connectivity index (χ4n) is 1.36. The minimum absolute atomic E-state index is 0.0414. The molecule has 2 N–H and O–H groups in total.